The molecular weight excluding hydrogens is 356 g/mol. The Morgan fingerprint density at radius 3 is 1.93 bits per heavy atom. The fraction of sp³-hybridized carbons (Fsp3) is 0.741. The van der Waals surface area contributed by atoms with Crippen LogP contribution in [0.15, 0.2) is 24.3 Å². The van der Waals surface area contributed by atoms with Crippen LogP contribution in [0.1, 0.15) is 111 Å². The smallest absolute Gasteiger partial charge is 0.311 e. The molecule has 166 valence electrons. The monoisotopic (exact) mass is 402 g/mol. The first kappa shape index (κ1) is 25.7. The zero-order valence-electron chi connectivity index (χ0n) is 20.6. The second-order valence-electron chi connectivity index (χ2n) is 10.7. The van der Waals surface area contributed by atoms with E-state index in [1.54, 1.807) is 0 Å². The molecule has 0 spiro atoms. The Kier molecular flexibility index (Phi) is 9.92. The van der Waals surface area contributed by atoms with Crippen LogP contribution in [0.2, 0.25) is 0 Å². The van der Waals surface area contributed by atoms with Crippen LogP contribution < -0.4 is 0 Å². The normalized spacial score (nSPS) is 21.0. The summed E-state index contributed by atoms with van der Waals surface area (Å²) < 4.78 is 5.67. The number of carbonyl (C=O) groups is 1. The molecule has 0 heterocycles. The topological polar surface area (TPSA) is 26.3 Å². The average Bonchev–Trinajstić information content (AvgIpc) is 2.68. The van der Waals surface area contributed by atoms with Gasteiger partial charge in [-0.05, 0) is 82.1 Å². The van der Waals surface area contributed by atoms with E-state index in [0.717, 1.165) is 25.2 Å². The summed E-state index contributed by atoms with van der Waals surface area (Å²) >= 11 is 0. The van der Waals surface area contributed by atoms with Crippen LogP contribution in [-0.2, 0) is 9.53 Å². The van der Waals surface area contributed by atoms with Crippen molar-refractivity contribution in [2.24, 2.45) is 16.7 Å². The lowest BCUT2D eigenvalue weighted by Crippen LogP contribution is -2.34. The molecule has 0 aliphatic heterocycles. The molecule has 1 aromatic rings. The van der Waals surface area contributed by atoms with Gasteiger partial charge in [0.1, 0.15) is 6.10 Å². The molecular formula is C27H46O2. The van der Waals surface area contributed by atoms with E-state index in [0.29, 0.717) is 11.3 Å². The molecule has 1 aliphatic rings. The minimum Gasteiger partial charge on any atom is -0.462 e. The summed E-state index contributed by atoms with van der Waals surface area (Å²) in [7, 11) is 0. The van der Waals surface area contributed by atoms with Crippen molar-refractivity contribution >= 4 is 5.97 Å². The molecule has 1 aromatic carbocycles. The van der Waals surface area contributed by atoms with Crippen LogP contribution in [0.3, 0.4) is 0 Å². The molecule has 0 amide bonds. The molecule has 0 aromatic heterocycles. The van der Waals surface area contributed by atoms with Crippen molar-refractivity contribution in [3.63, 3.8) is 0 Å². The van der Waals surface area contributed by atoms with Gasteiger partial charge in [-0.25, -0.2) is 0 Å². The van der Waals surface area contributed by atoms with Crippen molar-refractivity contribution < 1.29 is 9.53 Å². The van der Waals surface area contributed by atoms with E-state index in [1.807, 2.05) is 20.8 Å². The summed E-state index contributed by atoms with van der Waals surface area (Å²) in [6, 6.07) is 8.82. The SMILES string of the molecule is CCC(C)(C)C(=O)OC1CCC(C(C)(C)C)CC1.CCC(C)c1ccc(C)cc1. The largest absolute Gasteiger partial charge is 0.462 e. The van der Waals surface area contributed by atoms with Crippen LogP contribution in [0, 0.1) is 23.7 Å². The molecule has 1 fully saturated rings. The van der Waals surface area contributed by atoms with Gasteiger partial charge in [-0.3, -0.25) is 4.79 Å². The van der Waals surface area contributed by atoms with Gasteiger partial charge in [-0.15, -0.1) is 0 Å². The van der Waals surface area contributed by atoms with E-state index >= 15 is 0 Å². The lowest BCUT2D eigenvalue weighted by Gasteiger charge is -2.37. The number of hydrogen-bond acceptors (Lipinski definition) is 2. The molecule has 2 nitrogen and oxygen atoms in total. The summed E-state index contributed by atoms with van der Waals surface area (Å²) in [5.41, 5.74) is 2.86. The number of carbonyl (C=O) groups excluding carboxylic acids is 1. The average molecular weight is 403 g/mol. The molecule has 0 radical (unpaired) electrons. The van der Waals surface area contributed by atoms with Crippen molar-refractivity contribution in [1.29, 1.82) is 0 Å². The fourth-order valence-corrected chi connectivity index (χ4v) is 3.63. The van der Waals surface area contributed by atoms with Crippen molar-refractivity contribution in [2.75, 3.05) is 0 Å². The molecule has 1 atom stereocenters. The van der Waals surface area contributed by atoms with E-state index in [-0.39, 0.29) is 17.5 Å². The molecule has 29 heavy (non-hydrogen) atoms. The van der Waals surface area contributed by atoms with E-state index in [4.69, 9.17) is 4.74 Å². The Hall–Kier alpha value is -1.31. The van der Waals surface area contributed by atoms with Crippen LogP contribution >= 0.6 is 0 Å². The highest BCUT2D eigenvalue weighted by atomic mass is 16.5. The Morgan fingerprint density at radius 2 is 1.52 bits per heavy atom. The molecule has 2 rings (SSSR count). The van der Waals surface area contributed by atoms with Gasteiger partial charge >= 0.3 is 5.97 Å². The van der Waals surface area contributed by atoms with Crippen molar-refractivity contribution in [3.8, 4) is 0 Å². The molecule has 0 N–H and O–H groups in total. The van der Waals surface area contributed by atoms with Crippen LogP contribution in [0.4, 0.5) is 0 Å². The van der Waals surface area contributed by atoms with E-state index < -0.39 is 0 Å². The number of aryl methyl sites for hydroxylation is 1. The third kappa shape index (κ3) is 8.52. The minimum absolute atomic E-state index is 0.0239. The van der Waals surface area contributed by atoms with Gasteiger partial charge in [0.05, 0.1) is 5.41 Å². The first-order valence-electron chi connectivity index (χ1n) is 11.7. The van der Waals surface area contributed by atoms with Crippen LogP contribution in [0.5, 0.6) is 0 Å². The third-order valence-corrected chi connectivity index (χ3v) is 6.87. The van der Waals surface area contributed by atoms with Gasteiger partial charge in [0.2, 0.25) is 0 Å². The summed E-state index contributed by atoms with van der Waals surface area (Å²) in [4.78, 5) is 12.0. The highest BCUT2D eigenvalue weighted by Crippen LogP contribution is 2.39. The van der Waals surface area contributed by atoms with E-state index in [9.17, 15) is 4.79 Å². The molecule has 0 saturated heterocycles. The molecule has 1 aliphatic carbocycles. The van der Waals surface area contributed by atoms with Crippen molar-refractivity contribution in [3.05, 3.63) is 35.4 Å². The number of benzene rings is 1. The van der Waals surface area contributed by atoms with Gasteiger partial charge in [0.15, 0.2) is 0 Å². The summed E-state index contributed by atoms with van der Waals surface area (Å²) in [5.74, 6) is 1.45. The minimum atomic E-state index is -0.332. The fourth-order valence-electron chi connectivity index (χ4n) is 3.63. The zero-order chi connectivity index (χ0) is 22.2. The molecule has 1 unspecified atom stereocenters. The van der Waals surface area contributed by atoms with Crippen LogP contribution in [0.25, 0.3) is 0 Å². The van der Waals surface area contributed by atoms with Gasteiger partial charge < -0.3 is 4.74 Å². The maximum Gasteiger partial charge on any atom is 0.311 e. The molecule has 1 saturated carbocycles. The highest BCUT2D eigenvalue weighted by Gasteiger charge is 2.34. The first-order valence-corrected chi connectivity index (χ1v) is 11.7. The second kappa shape index (κ2) is 11.2. The summed E-state index contributed by atoms with van der Waals surface area (Å²) in [6.07, 6.45) is 6.66. The lowest BCUT2D eigenvalue weighted by molar-refractivity contribution is -0.162. The Bertz CT molecular complexity index is 598. The van der Waals surface area contributed by atoms with E-state index in [2.05, 4.69) is 65.8 Å². The summed E-state index contributed by atoms with van der Waals surface area (Å²) in [6.45, 7) is 19.5. The number of esters is 1. The summed E-state index contributed by atoms with van der Waals surface area (Å²) in [5, 5.41) is 0. The number of hydrogen-bond donors (Lipinski definition) is 0. The predicted octanol–water partition coefficient (Wildman–Crippen LogP) is 8.08. The highest BCUT2D eigenvalue weighted by molar-refractivity contribution is 5.75. The van der Waals surface area contributed by atoms with Crippen molar-refractivity contribution in [2.45, 2.75) is 113 Å². The maximum absolute atomic E-state index is 12.0. The Morgan fingerprint density at radius 1 is 1.00 bits per heavy atom. The third-order valence-electron chi connectivity index (χ3n) is 6.87. The quantitative estimate of drug-likeness (QED) is 0.465. The molecule has 0 bridgehead atoms. The van der Waals surface area contributed by atoms with Gasteiger partial charge in [-0.1, -0.05) is 71.4 Å². The lowest BCUT2D eigenvalue weighted by atomic mass is 9.72. The maximum atomic E-state index is 12.0. The van der Waals surface area contributed by atoms with Crippen LogP contribution in [-0.4, -0.2) is 12.1 Å². The standard InChI is InChI=1S/C16H30O2.C11H16/c1-7-16(5,6)14(17)18-13-10-8-12(9-11-13)15(2,3)4;1-4-10(3)11-7-5-9(2)6-8-11/h12-13H,7-11H2,1-6H3;5-8,10H,4H2,1-3H3. The molecule has 2 heteroatoms. The zero-order valence-corrected chi connectivity index (χ0v) is 20.6. The number of rotatable bonds is 5. The van der Waals surface area contributed by atoms with Gasteiger partial charge in [-0.2, -0.15) is 0 Å². The van der Waals surface area contributed by atoms with Gasteiger partial charge in [0, 0.05) is 0 Å². The van der Waals surface area contributed by atoms with Crippen molar-refractivity contribution in [1.82, 2.24) is 0 Å². The van der Waals surface area contributed by atoms with Gasteiger partial charge in [0.25, 0.3) is 0 Å². The Balaban J connectivity index is 0.000000326. The first-order chi connectivity index (χ1) is 13.4. The predicted molar refractivity (Wildman–Crippen MR) is 125 cm³/mol. The van der Waals surface area contributed by atoms with E-state index in [1.165, 1.54) is 30.4 Å². The second-order valence-corrected chi connectivity index (χ2v) is 10.7. The number of ether oxygens (including phenoxy) is 1. The Labute approximate surface area is 180 Å².